The number of rotatable bonds is 9. The molecule has 4 N–H and O–H groups in total. The minimum absolute atomic E-state index is 0.0545. The first-order valence-corrected chi connectivity index (χ1v) is 13.5. The van der Waals surface area contributed by atoms with Gasteiger partial charge in [0, 0.05) is 19.0 Å². The Labute approximate surface area is 216 Å². The van der Waals surface area contributed by atoms with Crippen LogP contribution in [0.4, 0.5) is 5.82 Å². The first kappa shape index (κ1) is 24.3. The SMILES string of the molecule is CCc1ccc2nc(CCC3CC(N(CC4CCC(n5cnc6c(N)ncnc65)O4)C(C)O)C3)[nH]c2c1. The summed E-state index contributed by atoms with van der Waals surface area (Å²) >= 11 is 0. The van der Waals surface area contributed by atoms with Crippen LogP contribution in [0.1, 0.15) is 63.6 Å². The molecule has 1 aromatic carbocycles. The molecule has 4 aromatic rings. The van der Waals surface area contributed by atoms with Crippen LogP contribution in [-0.2, 0) is 17.6 Å². The molecule has 3 atom stereocenters. The van der Waals surface area contributed by atoms with Gasteiger partial charge in [-0.25, -0.2) is 19.9 Å². The molecule has 1 aliphatic heterocycles. The summed E-state index contributed by atoms with van der Waals surface area (Å²) in [5.74, 6) is 2.11. The molecule has 1 saturated carbocycles. The standard InChI is InChI=1S/C27H36N8O2/c1-3-17-4-7-21-22(12-17)33-23(32-21)8-5-18-10-19(11-18)34(16(2)36)13-20-6-9-24(37-20)35-15-31-25-26(28)29-14-30-27(25)35/h4,7,12,14-16,18-20,24,36H,3,5-6,8-11,13H2,1-2H3,(H,32,33)(H2,28,29,30). The molecule has 0 spiro atoms. The van der Waals surface area contributed by atoms with Gasteiger partial charge in [0.25, 0.3) is 0 Å². The second-order valence-electron chi connectivity index (χ2n) is 10.6. The van der Waals surface area contributed by atoms with E-state index in [0.29, 0.717) is 28.9 Å². The number of nitrogen functional groups attached to an aromatic ring is 1. The van der Waals surface area contributed by atoms with Gasteiger partial charge < -0.3 is 20.6 Å². The van der Waals surface area contributed by atoms with Crippen molar-refractivity contribution in [1.82, 2.24) is 34.4 Å². The molecule has 1 saturated heterocycles. The maximum absolute atomic E-state index is 10.6. The average Bonchev–Trinajstić information content (AvgIpc) is 3.59. The van der Waals surface area contributed by atoms with Crippen LogP contribution in [0, 0.1) is 5.92 Å². The minimum atomic E-state index is -0.502. The van der Waals surface area contributed by atoms with E-state index < -0.39 is 6.23 Å². The van der Waals surface area contributed by atoms with Crippen molar-refractivity contribution in [2.75, 3.05) is 12.3 Å². The predicted molar refractivity (Wildman–Crippen MR) is 142 cm³/mol. The molecular weight excluding hydrogens is 468 g/mol. The lowest BCUT2D eigenvalue weighted by atomic mass is 9.76. The number of aliphatic hydroxyl groups excluding tert-OH is 1. The number of nitrogens with zero attached hydrogens (tertiary/aromatic N) is 6. The van der Waals surface area contributed by atoms with Crippen LogP contribution >= 0.6 is 0 Å². The quantitative estimate of drug-likeness (QED) is 0.295. The van der Waals surface area contributed by atoms with Crippen LogP contribution < -0.4 is 5.73 Å². The number of benzene rings is 1. The molecule has 4 heterocycles. The van der Waals surface area contributed by atoms with Crippen molar-refractivity contribution in [3.8, 4) is 0 Å². The molecule has 3 aromatic heterocycles. The summed E-state index contributed by atoms with van der Waals surface area (Å²) in [6.07, 6.45) is 9.72. The van der Waals surface area contributed by atoms with Crippen LogP contribution in [0.25, 0.3) is 22.2 Å². The Morgan fingerprint density at radius 3 is 2.92 bits per heavy atom. The largest absolute Gasteiger partial charge is 0.382 e. The van der Waals surface area contributed by atoms with Gasteiger partial charge in [0.05, 0.1) is 23.5 Å². The fourth-order valence-electron chi connectivity index (χ4n) is 5.94. The van der Waals surface area contributed by atoms with Gasteiger partial charge in [-0.15, -0.1) is 0 Å². The molecule has 0 radical (unpaired) electrons. The summed E-state index contributed by atoms with van der Waals surface area (Å²) in [5.41, 5.74) is 10.8. The van der Waals surface area contributed by atoms with Crippen LogP contribution in [0.5, 0.6) is 0 Å². The van der Waals surface area contributed by atoms with Crippen molar-refractivity contribution in [2.45, 2.75) is 83.4 Å². The number of ether oxygens (including phenoxy) is 1. The number of aryl methyl sites for hydroxylation is 2. The summed E-state index contributed by atoms with van der Waals surface area (Å²) < 4.78 is 8.33. The number of aliphatic hydroxyl groups is 1. The lowest BCUT2D eigenvalue weighted by Gasteiger charge is -2.45. The van der Waals surface area contributed by atoms with Crippen molar-refractivity contribution in [1.29, 1.82) is 0 Å². The average molecular weight is 505 g/mol. The Kier molecular flexibility index (Phi) is 6.56. The zero-order valence-electron chi connectivity index (χ0n) is 21.5. The minimum Gasteiger partial charge on any atom is -0.382 e. The van der Waals surface area contributed by atoms with E-state index in [-0.39, 0.29) is 12.3 Å². The third-order valence-electron chi connectivity index (χ3n) is 8.15. The van der Waals surface area contributed by atoms with Crippen LogP contribution in [0.2, 0.25) is 0 Å². The molecule has 6 rings (SSSR count). The smallest absolute Gasteiger partial charge is 0.167 e. The Bertz CT molecular complexity index is 1380. The number of H-pyrrole nitrogens is 1. The number of aromatic amines is 1. The highest BCUT2D eigenvalue weighted by atomic mass is 16.5. The van der Waals surface area contributed by atoms with Crippen molar-refractivity contribution < 1.29 is 9.84 Å². The Hall–Kier alpha value is -3.08. The second-order valence-corrected chi connectivity index (χ2v) is 10.6. The van der Waals surface area contributed by atoms with E-state index in [0.717, 1.165) is 68.3 Å². The molecule has 0 amide bonds. The zero-order chi connectivity index (χ0) is 25.5. The summed E-state index contributed by atoms with van der Waals surface area (Å²) in [4.78, 5) is 23.2. The Morgan fingerprint density at radius 2 is 2.11 bits per heavy atom. The molecule has 3 unspecified atom stereocenters. The van der Waals surface area contributed by atoms with E-state index in [9.17, 15) is 5.11 Å². The van der Waals surface area contributed by atoms with Gasteiger partial charge in [-0.2, -0.15) is 0 Å². The van der Waals surface area contributed by atoms with E-state index in [1.165, 1.54) is 11.9 Å². The monoisotopic (exact) mass is 504 g/mol. The van der Waals surface area contributed by atoms with E-state index >= 15 is 0 Å². The maximum Gasteiger partial charge on any atom is 0.167 e. The van der Waals surface area contributed by atoms with Crippen molar-refractivity contribution in [3.05, 3.63) is 42.2 Å². The fraction of sp³-hybridized carbons (Fsp3) is 0.556. The number of aromatic nitrogens is 6. The van der Waals surface area contributed by atoms with Gasteiger partial charge in [-0.1, -0.05) is 13.0 Å². The first-order chi connectivity index (χ1) is 18.0. The zero-order valence-corrected chi connectivity index (χ0v) is 21.5. The summed E-state index contributed by atoms with van der Waals surface area (Å²) in [5, 5.41) is 10.6. The van der Waals surface area contributed by atoms with Gasteiger partial charge in [0.2, 0.25) is 0 Å². The van der Waals surface area contributed by atoms with Crippen LogP contribution in [0.15, 0.2) is 30.9 Å². The van der Waals surface area contributed by atoms with Crippen molar-refractivity contribution in [3.63, 3.8) is 0 Å². The molecular formula is C27H36N8O2. The van der Waals surface area contributed by atoms with Crippen molar-refractivity contribution >= 4 is 28.0 Å². The number of anilines is 1. The summed E-state index contributed by atoms with van der Waals surface area (Å²) in [6, 6.07) is 6.87. The third-order valence-corrected chi connectivity index (χ3v) is 8.15. The summed E-state index contributed by atoms with van der Waals surface area (Å²) in [6.45, 7) is 4.76. The molecule has 2 aliphatic rings. The van der Waals surface area contributed by atoms with Crippen LogP contribution in [0.3, 0.4) is 0 Å². The van der Waals surface area contributed by atoms with Crippen molar-refractivity contribution in [2.24, 2.45) is 5.92 Å². The van der Waals surface area contributed by atoms with E-state index in [1.807, 2.05) is 11.5 Å². The number of nitrogens with two attached hydrogens (primary N) is 1. The molecule has 2 fully saturated rings. The fourth-order valence-corrected chi connectivity index (χ4v) is 5.94. The molecule has 10 nitrogen and oxygen atoms in total. The maximum atomic E-state index is 10.6. The molecule has 196 valence electrons. The number of hydrogen-bond acceptors (Lipinski definition) is 8. The van der Waals surface area contributed by atoms with Gasteiger partial charge in [0.1, 0.15) is 30.1 Å². The van der Waals surface area contributed by atoms with Crippen LogP contribution in [-0.4, -0.2) is 64.4 Å². The highest BCUT2D eigenvalue weighted by molar-refractivity contribution is 5.81. The van der Waals surface area contributed by atoms with Gasteiger partial charge in [0.15, 0.2) is 11.5 Å². The first-order valence-electron chi connectivity index (χ1n) is 13.5. The van der Waals surface area contributed by atoms with Gasteiger partial charge >= 0.3 is 0 Å². The predicted octanol–water partition coefficient (Wildman–Crippen LogP) is 3.58. The lowest BCUT2D eigenvalue weighted by Crippen LogP contribution is -2.51. The molecule has 10 heteroatoms. The topological polar surface area (TPSA) is 131 Å². The number of fused-ring (bicyclic) bond motifs is 2. The third kappa shape index (κ3) is 4.81. The van der Waals surface area contributed by atoms with E-state index in [2.05, 4.69) is 50.0 Å². The lowest BCUT2D eigenvalue weighted by molar-refractivity contribution is -0.0882. The Balaban J connectivity index is 1.02. The molecule has 1 aliphatic carbocycles. The second kappa shape index (κ2) is 10.00. The molecule has 0 bridgehead atoms. The van der Waals surface area contributed by atoms with Gasteiger partial charge in [-0.3, -0.25) is 9.47 Å². The normalized spacial score (nSPS) is 24.8. The van der Waals surface area contributed by atoms with Gasteiger partial charge in [-0.05, 0) is 69.1 Å². The highest BCUT2D eigenvalue weighted by Crippen LogP contribution is 2.38. The number of nitrogens with one attached hydrogen (secondary N) is 1. The summed E-state index contributed by atoms with van der Waals surface area (Å²) in [7, 11) is 0. The molecule has 37 heavy (non-hydrogen) atoms. The van der Waals surface area contributed by atoms with E-state index in [1.54, 1.807) is 6.33 Å². The number of hydrogen-bond donors (Lipinski definition) is 3. The highest BCUT2D eigenvalue weighted by Gasteiger charge is 2.38. The van der Waals surface area contributed by atoms with E-state index in [4.69, 9.17) is 15.5 Å². The Morgan fingerprint density at radius 1 is 1.24 bits per heavy atom. The number of imidazole rings is 2.